The summed E-state index contributed by atoms with van der Waals surface area (Å²) in [5.74, 6) is 0.786. The molecule has 2 rings (SSSR count). The lowest BCUT2D eigenvalue weighted by atomic mass is 10.1. The second-order valence-corrected chi connectivity index (χ2v) is 4.72. The van der Waals surface area contributed by atoms with Crippen LogP contribution in [0.25, 0.3) is 0 Å². The van der Waals surface area contributed by atoms with Gasteiger partial charge in [0.15, 0.2) is 0 Å². The van der Waals surface area contributed by atoms with Crippen LogP contribution in [0.4, 0.5) is 0 Å². The second kappa shape index (κ2) is 7.12. The highest BCUT2D eigenvalue weighted by atomic mass is 35.5. The molecule has 2 aromatic rings. The van der Waals surface area contributed by atoms with Crippen LogP contribution in [0.1, 0.15) is 5.69 Å². The molecule has 4 heteroatoms. The minimum absolute atomic E-state index is 0.217. The van der Waals surface area contributed by atoms with Gasteiger partial charge in [-0.25, -0.2) is 0 Å². The van der Waals surface area contributed by atoms with E-state index in [0.29, 0.717) is 11.6 Å². The summed E-state index contributed by atoms with van der Waals surface area (Å²) in [6, 6.07) is 13.6. The van der Waals surface area contributed by atoms with Gasteiger partial charge in [0.05, 0.1) is 0 Å². The van der Waals surface area contributed by atoms with Gasteiger partial charge < -0.3 is 10.1 Å². The van der Waals surface area contributed by atoms with Crippen molar-refractivity contribution >= 4 is 11.6 Å². The third-order valence-corrected chi connectivity index (χ3v) is 3.07. The fourth-order valence-electron chi connectivity index (χ4n) is 1.77. The maximum absolute atomic E-state index is 5.92. The molecule has 0 saturated carbocycles. The number of likely N-dealkylation sites (N-methyl/N-ethyl adjacent to an activating group) is 1. The molecule has 100 valence electrons. The highest BCUT2D eigenvalue weighted by Crippen LogP contribution is 2.17. The lowest BCUT2D eigenvalue weighted by molar-refractivity contribution is 0.269. The van der Waals surface area contributed by atoms with Crippen molar-refractivity contribution in [3.63, 3.8) is 0 Å². The molecular formula is C15H17ClN2O. The zero-order chi connectivity index (χ0) is 13.5. The fourth-order valence-corrected chi connectivity index (χ4v) is 1.95. The van der Waals surface area contributed by atoms with Crippen LogP contribution in [-0.4, -0.2) is 24.7 Å². The maximum Gasteiger partial charge on any atom is 0.120 e. The van der Waals surface area contributed by atoms with E-state index in [1.165, 1.54) is 0 Å². The number of rotatable bonds is 6. The number of hydrogen-bond donors (Lipinski definition) is 1. The van der Waals surface area contributed by atoms with Crippen LogP contribution in [0.5, 0.6) is 5.75 Å². The predicted molar refractivity (Wildman–Crippen MR) is 77.7 cm³/mol. The number of ether oxygens (including phenoxy) is 1. The van der Waals surface area contributed by atoms with Crippen molar-refractivity contribution < 1.29 is 4.74 Å². The van der Waals surface area contributed by atoms with Crippen LogP contribution in [0.15, 0.2) is 48.7 Å². The summed E-state index contributed by atoms with van der Waals surface area (Å²) in [4.78, 5) is 4.32. The van der Waals surface area contributed by atoms with Gasteiger partial charge >= 0.3 is 0 Å². The van der Waals surface area contributed by atoms with Crippen LogP contribution in [0.3, 0.4) is 0 Å². The van der Waals surface area contributed by atoms with Crippen LogP contribution < -0.4 is 10.1 Å². The number of aromatic nitrogens is 1. The third-order valence-electron chi connectivity index (χ3n) is 2.84. The molecule has 1 aromatic carbocycles. The fraction of sp³-hybridized carbons (Fsp3) is 0.267. The van der Waals surface area contributed by atoms with Gasteiger partial charge in [0, 0.05) is 29.4 Å². The minimum Gasteiger partial charge on any atom is -0.492 e. The van der Waals surface area contributed by atoms with Crippen molar-refractivity contribution in [3.05, 3.63) is 59.4 Å². The van der Waals surface area contributed by atoms with Crippen molar-refractivity contribution in [2.45, 2.75) is 12.5 Å². The first-order chi connectivity index (χ1) is 9.28. The first-order valence-corrected chi connectivity index (χ1v) is 6.61. The van der Waals surface area contributed by atoms with E-state index in [4.69, 9.17) is 16.3 Å². The molecule has 1 atom stereocenters. The Kier molecular flexibility index (Phi) is 5.19. The Balaban J connectivity index is 1.89. The average molecular weight is 277 g/mol. The zero-order valence-corrected chi connectivity index (χ0v) is 11.6. The highest BCUT2D eigenvalue weighted by molar-refractivity contribution is 6.30. The Morgan fingerprint density at radius 3 is 2.84 bits per heavy atom. The number of nitrogens with zero attached hydrogens (tertiary/aromatic N) is 1. The molecule has 19 heavy (non-hydrogen) atoms. The quantitative estimate of drug-likeness (QED) is 0.881. The van der Waals surface area contributed by atoms with E-state index in [2.05, 4.69) is 10.3 Å². The van der Waals surface area contributed by atoms with Gasteiger partial charge in [-0.3, -0.25) is 4.98 Å². The standard InChI is InChI=1S/C15H17ClN2O/c1-17-14(10-13-6-2-3-8-18-13)11-19-15-7-4-5-12(16)9-15/h2-9,14,17H,10-11H2,1H3. The van der Waals surface area contributed by atoms with Crippen molar-refractivity contribution in [2.24, 2.45) is 0 Å². The Hall–Kier alpha value is -1.58. The summed E-state index contributed by atoms with van der Waals surface area (Å²) >= 11 is 5.92. The molecule has 0 saturated heterocycles. The summed E-state index contributed by atoms with van der Waals surface area (Å²) < 4.78 is 5.74. The summed E-state index contributed by atoms with van der Waals surface area (Å²) in [5.41, 5.74) is 1.05. The van der Waals surface area contributed by atoms with Gasteiger partial charge in [0.1, 0.15) is 12.4 Å². The Bertz CT molecular complexity index is 505. The molecule has 0 fully saturated rings. The lowest BCUT2D eigenvalue weighted by Crippen LogP contribution is -2.34. The third kappa shape index (κ3) is 4.54. The molecular weight excluding hydrogens is 260 g/mol. The van der Waals surface area contributed by atoms with Crippen molar-refractivity contribution in [1.82, 2.24) is 10.3 Å². The first kappa shape index (κ1) is 13.8. The first-order valence-electron chi connectivity index (χ1n) is 6.23. The topological polar surface area (TPSA) is 34.1 Å². The number of pyridine rings is 1. The zero-order valence-electron chi connectivity index (χ0n) is 10.8. The summed E-state index contributed by atoms with van der Waals surface area (Å²) in [6.07, 6.45) is 2.64. The predicted octanol–water partition coefficient (Wildman–Crippen LogP) is 2.94. The normalized spacial score (nSPS) is 12.1. The Labute approximate surface area is 118 Å². The van der Waals surface area contributed by atoms with E-state index in [0.717, 1.165) is 17.9 Å². The summed E-state index contributed by atoms with van der Waals surface area (Å²) in [7, 11) is 1.93. The molecule has 1 unspecified atom stereocenters. The van der Waals surface area contributed by atoms with E-state index in [-0.39, 0.29) is 6.04 Å². The lowest BCUT2D eigenvalue weighted by Gasteiger charge is -2.16. The van der Waals surface area contributed by atoms with Crippen molar-refractivity contribution in [2.75, 3.05) is 13.7 Å². The molecule has 0 radical (unpaired) electrons. The van der Waals surface area contributed by atoms with Gasteiger partial charge in [-0.15, -0.1) is 0 Å². The second-order valence-electron chi connectivity index (χ2n) is 4.28. The van der Waals surface area contributed by atoms with Gasteiger partial charge in [-0.2, -0.15) is 0 Å². The molecule has 0 bridgehead atoms. The average Bonchev–Trinajstić information content (AvgIpc) is 2.44. The summed E-state index contributed by atoms with van der Waals surface area (Å²) in [5, 5.41) is 3.92. The molecule has 1 aromatic heterocycles. The highest BCUT2D eigenvalue weighted by Gasteiger charge is 2.09. The van der Waals surface area contributed by atoms with Crippen LogP contribution in [0, 0.1) is 0 Å². The smallest absolute Gasteiger partial charge is 0.120 e. The largest absolute Gasteiger partial charge is 0.492 e. The van der Waals surface area contributed by atoms with E-state index >= 15 is 0 Å². The van der Waals surface area contributed by atoms with Crippen LogP contribution in [0.2, 0.25) is 5.02 Å². The molecule has 0 aliphatic heterocycles. The Morgan fingerprint density at radius 2 is 2.16 bits per heavy atom. The SMILES string of the molecule is CNC(COc1cccc(Cl)c1)Cc1ccccn1. The molecule has 3 nitrogen and oxygen atoms in total. The molecule has 1 heterocycles. The molecule has 0 amide bonds. The van der Waals surface area contributed by atoms with E-state index in [1.807, 2.05) is 49.5 Å². The van der Waals surface area contributed by atoms with E-state index < -0.39 is 0 Å². The number of benzene rings is 1. The monoisotopic (exact) mass is 276 g/mol. The Morgan fingerprint density at radius 1 is 1.26 bits per heavy atom. The molecule has 0 aliphatic carbocycles. The van der Waals surface area contributed by atoms with Gasteiger partial charge in [0.2, 0.25) is 0 Å². The number of halogens is 1. The molecule has 1 N–H and O–H groups in total. The van der Waals surface area contributed by atoms with Crippen molar-refractivity contribution in [3.8, 4) is 5.75 Å². The number of hydrogen-bond acceptors (Lipinski definition) is 3. The van der Waals surface area contributed by atoms with E-state index in [9.17, 15) is 0 Å². The van der Waals surface area contributed by atoms with Gasteiger partial charge in [-0.1, -0.05) is 23.7 Å². The van der Waals surface area contributed by atoms with Crippen molar-refractivity contribution in [1.29, 1.82) is 0 Å². The van der Waals surface area contributed by atoms with Crippen LogP contribution in [-0.2, 0) is 6.42 Å². The maximum atomic E-state index is 5.92. The van der Waals surface area contributed by atoms with E-state index in [1.54, 1.807) is 6.20 Å². The van der Waals surface area contributed by atoms with Crippen LogP contribution >= 0.6 is 11.6 Å². The molecule has 0 aliphatic rings. The molecule has 0 spiro atoms. The van der Waals surface area contributed by atoms with Gasteiger partial charge in [0.25, 0.3) is 0 Å². The minimum atomic E-state index is 0.217. The van der Waals surface area contributed by atoms with Gasteiger partial charge in [-0.05, 0) is 37.4 Å². The summed E-state index contributed by atoms with van der Waals surface area (Å²) in [6.45, 7) is 0.577. The number of nitrogens with one attached hydrogen (secondary N) is 1.